The summed E-state index contributed by atoms with van der Waals surface area (Å²) in [6.45, 7) is 0. The van der Waals surface area contributed by atoms with Crippen LogP contribution in [0.4, 0.5) is 46.7 Å². The molecule has 0 saturated heterocycles. The lowest BCUT2D eigenvalue weighted by Crippen LogP contribution is -2.20. The Hall–Kier alpha value is -1.74. The van der Waals surface area contributed by atoms with E-state index in [2.05, 4.69) is 0 Å². The van der Waals surface area contributed by atoms with Crippen molar-refractivity contribution in [1.29, 1.82) is 0 Å². The Morgan fingerprint density at radius 2 is 1.39 bits per heavy atom. The molecule has 0 unspecified atom stereocenters. The van der Waals surface area contributed by atoms with Crippen LogP contribution in [0.5, 0.6) is 0 Å². The molecule has 0 bridgehead atoms. The van der Waals surface area contributed by atoms with Gasteiger partial charge in [-0.1, -0.05) is 8.96 Å². The highest BCUT2D eigenvalue weighted by Gasteiger charge is 2.46. The Balaban J connectivity index is 3.70. The van der Waals surface area contributed by atoms with Crippen LogP contribution in [0.15, 0.2) is 12.1 Å². The number of rotatable bonds is 1. The van der Waals surface area contributed by atoms with E-state index >= 15 is 0 Å². The van der Waals surface area contributed by atoms with Crippen LogP contribution in [0, 0.1) is 0 Å². The molecule has 0 spiro atoms. The van der Waals surface area contributed by atoms with Crippen molar-refractivity contribution < 1.29 is 35.3 Å². The van der Waals surface area contributed by atoms with E-state index in [1.807, 2.05) is 0 Å². The number of alkyl halides is 6. The second kappa shape index (κ2) is 4.18. The molecule has 2 nitrogen and oxygen atoms in total. The van der Waals surface area contributed by atoms with Crippen LogP contribution < -0.4 is 11.1 Å². The molecule has 10 heteroatoms. The standard InChI is InChI=1S/C8H4F8N2/c9-7(10,11)4-1-3(17)2-5(18(15)16)6(4)8(12,13)14/h1-2H,17H2. The minimum atomic E-state index is -5.59. The van der Waals surface area contributed by atoms with Crippen LogP contribution in [0.3, 0.4) is 0 Å². The van der Waals surface area contributed by atoms with Crippen molar-refractivity contribution in [3.8, 4) is 0 Å². The summed E-state index contributed by atoms with van der Waals surface area (Å²) in [4.78, 5) is 0. The van der Waals surface area contributed by atoms with Gasteiger partial charge in [0.05, 0.1) is 11.1 Å². The molecule has 0 amide bonds. The minimum Gasteiger partial charge on any atom is -0.399 e. The Morgan fingerprint density at radius 3 is 1.72 bits per heavy atom. The number of halogens is 8. The molecule has 2 N–H and O–H groups in total. The molecule has 1 rings (SSSR count). The largest absolute Gasteiger partial charge is 0.419 e. The molecule has 0 radical (unpaired) electrons. The van der Waals surface area contributed by atoms with Crippen LogP contribution in [-0.4, -0.2) is 0 Å². The first-order valence-electron chi connectivity index (χ1n) is 4.14. The molecule has 0 aromatic heterocycles. The van der Waals surface area contributed by atoms with Gasteiger partial charge in [0.2, 0.25) is 0 Å². The fourth-order valence-electron chi connectivity index (χ4n) is 1.30. The van der Waals surface area contributed by atoms with Crippen molar-refractivity contribution in [2.24, 2.45) is 0 Å². The maximum atomic E-state index is 12.4. The maximum Gasteiger partial charge on any atom is 0.419 e. The monoisotopic (exact) mass is 280 g/mol. The third kappa shape index (κ3) is 2.74. The van der Waals surface area contributed by atoms with Crippen LogP contribution >= 0.6 is 0 Å². The first-order valence-corrected chi connectivity index (χ1v) is 4.14. The van der Waals surface area contributed by atoms with Gasteiger partial charge >= 0.3 is 12.4 Å². The number of nitrogens with zero attached hydrogens (tertiary/aromatic N) is 1. The van der Waals surface area contributed by atoms with Gasteiger partial charge < -0.3 is 5.73 Å². The van der Waals surface area contributed by atoms with E-state index in [0.29, 0.717) is 0 Å². The number of anilines is 2. The predicted molar refractivity (Wildman–Crippen MR) is 45.6 cm³/mol. The summed E-state index contributed by atoms with van der Waals surface area (Å²) in [6.07, 6.45) is -11.0. The van der Waals surface area contributed by atoms with Gasteiger partial charge in [0.15, 0.2) is 0 Å². The first-order chi connectivity index (χ1) is 7.94. The molecule has 1 aromatic carbocycles. The molecule has 0 heterocycles. The van der Waals surface area contributed by atoms with Crippen molar-refractivity contribution in [2.75, 3.05) is 11.1 Å². The topological polar surface area (TPSA) is 29.3 Å². The van der Waals surface area contributed by atoms with Crippen molar-refractivity contribution in [2.45, 2.75) is 12.4 Å². The lowest BCUT2D eigenvalue weighted by Gasteiger charge is -2.19. The summed E-state index contributed by atoms with van der Waals surface area (Å²) in [7, 11) is 0. The highest BCUT2D eigenvalue weighted by molar-refractivity contribution is 5.64. The van der Waals surface area contributed by atoms with Crippen molar-refractivity contribution >= 4 is 11.4 Å². The molecule has 0 fully saturated rings. The van der Waals surface area contributed by atoms with Gasteiger partial charge in [-0.05, 0) is 17.5 Å². The molecule has 0 aliphatic rings. The van der Waals surface area contributed by atoms with E-state index in [9.17, 15) is 35.3 Å². The van der Waals surface area contributed by atoms with Gasteiger partial charge in [0.25, 0.3) is 0 Å². The van der Waals surface area contributed by atoms with Gasteiger partial charge in [0.1, 0.15) is 5.69 Å². The molecule has 0 aliphatic heterocycles. The SMILES string of the molecule is Nc1cc(N(F)F)c(C(F)(F)F)c(C(F)(F)F)c1. The Morgan fingerprint density at radius 1 is 0.889 bits per heavy atom. The number of hydrogen-bond donors (Lipinski definition) is 1. The van der Waals surface area contributed by atoms with Crippen LogP contribution in [-0.2, 0) is 12.4 Å². The minimum absolute atomic E-state index is 0.0458. The molecule has 0 saturated carbocycles. The molecule has 102 valence electrons. The summed E-state index contributed by atoms with van der Waals surface area (Å²) in [5, 5.41) is -2.06. The number of hydrogen-bond acceptors (Lipinski definition) is 2. The second-order valence-corrected chi connectivity index (χ2v) is 3.19. The van der Waals surface area contributed by atoms with Gasteiger partial charge in [0, 0.05) is 5.69 Å². The molecule has 0 aliphatic carbocycles. The van der Waals surface area contributed by atoms with Crippen molar-refractivity contribution in [3.63, 3.8) is 0 Å². The van der Waals surface area contributed by atoms with Gasteiger partial charge in [-0.15, -0.1) is 0 Å². The lowest BCUT2D eigenvalue weighted by molar-refractivity contribution is -0.162. The number of nitrogens with two attached hydrogens (primary N) is 1. The molecule has 18 heavy (non-hydrogen) atoms. The third-order valence-electron chi connectivity index (χ3n) is 1.91. The first kappa shape index (κ1) is 14.3. The summed E-state index contributed by atoms with van der Waals surface area (Å²) in [5.41, 5.74) is -2.66. The number of benzene rings is 1. The zero-order valence-corrected chi connectivity index (χ0v) is 8.20. The zero-order valence-electron chi connectivity index (χ0n) is 8.20. The third-order valence-corrected chi connectivity index (χ3v) is 1.91. The van der Waals surface area contributed by atoms with E-state index in [-0.39, 0.29) is 12.1 Å². The normalized spacial score (nSPS) is 12.7. The van der Waals surface area contributed by atoms with Crippen LogP contribution in [0.2, 0.25) is 0 Å². The fraction of sp³-hybridized carbons (Fsp3) is 0.250. The predicted octanol–water partition coefficient (Wildman–Crippen LogP) is 3.88. The van der Waals surface area contributed by atoms with Crippen LogP contribution in [0.25, 0.3) is 0 Å². The molecular weight excluding hydrogens is 276 g/mol. The van der Waals surface area contributed by atoms with Crippen molar-refractivity contribution in [1.82, 2.24) is 0 Å². The Kier molecular flexibility index (Phi) is 3.32. The zero-order chi connectivity index (χ0) is 14.3. The average Bonchev–Trinajstić information content (AvgIpc) is 2.12. The van der Waals surface area contributed by atoms with Gasteiger partial charge in [-0.3, -0.25) is 0 Å². The van der Waals surface area contributed by atoms with Crippen LogP contribution in [0.1, 0.15) is 11.1 Å². The second-order valence-electron chi connectivity index (χ2n) is 3.19. The van der Waals surface area contributed by atoms with E-state index < -0.39 is 40.2 Å². The summed E-state index contributed by atoms with van der Waals surface area (Å²) in [6, 6.07) is 0.0634. The Labute approximate surface area is 94.5 Å². The van der Waals surface area contributed by atoms with E-state index in [4.69, 9.17) is 5.73 Å². The average molecular weight is 280 g/mol. The highest BCUT2D eigenvalue weighted by atomic mass is 19.4. The number of nitrogen functional groups attached to an aromatic ring is 1. The molecule has 0 atom stereocenters. The quantitative estimate of drug-likeness (QED) is 0.480. The van der Waals surface area contributed by atoms with Gasteiger partial charge in [-0.25, -0.2) is 0 Å². The van der Waals surface area contributed by atoms with Crippen molar-refractivity contribution in [3.05, 3.63) is 23.3 Å². The lowest BCUT2D eigenvalue weighted by atomic mass is 10.0. The summed E-state index contributed by atoms with van der Waals surface area (Å²) < 4.78 is 98.9. The van der Waals surface area contributed by atoms with Gasteiger partial charge in [-0.2, -0.15) is 26.3 Å². The van der Waals surface area contributed by atoms with E-state index in [1.54, 1.807) is 0 Å². The fourth-order valence-corrected chi connectivity index (χ4v) is 1.30. The van der Waals surface area contributed by atoms with E-state index in [1.165, 1.54) is 0 Å². The molecule has 1 aromatic rings. The smallest absolute Gasteiger partial charge is 0.399 e. The highest BCUT2D eigenvalue weighted by Crippen LogP contribution is 2.46. The maximum absolute atomic E-state index is 12.4. The van der Waals surface area contributed by atoms with E-state index in [0.717, 1.165) is 0 Å². The summed E-state index contributed by atoms with van der Waals surface area (Å²) >= 11 is 0. The molecular formula is C8H4F8N2. The summed E-state index contributed by atoms with van der Waals surface area (Å²) in [5.74, 6) is 0. The Bertz CT molecular complexity index is 448.